The molecule has 0 saturated heterocycles. The third-order valence-corrected chi connectivity index (χ3v) is 4.73. The highest BCUT2D eigenvalue weighted by atomic mass is 16.6. The van der Waals surface area contributed by atoms with Crippen LogP contribution in [-0.2, 0) is 4.79 Å². The van der Waals surface area contributed by atoms with Crippen molar-refractivity contribution in [2.75, 3.05) is 11.9 Å². The number of nitrogens with zero attached hydrogens (tertiary/aromatic N) is 3. The van der Waals surface area contributed by atoms with Crippen molar-refractivity contribution >= 4 is 23.5 Å². The molecule has 0 aliphatic rings. The van der Waals surface area contributed by atoms with Gasteiger partial charge in [0, 0.05) is 34.8 Å². The van der Waals surface area contributed by atoms with E-state index in [4.69, 9.17) is 0 Å². The van der Waals surface area contributed by atoms with Crippen molar-refractivity contribution in [1.82, 2.24) is 9.99 Å². The molecule has 0 spiro atoms. The Hall–Kier alpha value is -3.94. The van der Waals surface area contributed by atoms with Crippen molar-refractivity contribution in [3.8, 4) is 5.69 Å². The normalized spacial score (nSPS) is 10.9. The molecule has 0 aliphatic heterocycles. The van der Waals surface area contributed by atoms with Gasteiger partial charge < -0.3 is 9.88 Å². The standard InChI is InChI=1S/C22H23N5O3/c1-15-9-10-20(27(29)30)12-21(15)26-16(2)11-18(17(26)3)13-24-25-22(28)14-23-19-7-5-4-6-8-19/h4-13,23H,14H2,1-3H3,(H,25,28)/b24-13-. The molecule has 0 fully saturated rings. The van der Waals surface area contributed by atoms with E-state index < -0.39 is 4.92 Å². The zero-order valence-electron chi connectivity index (χ0n) is 17.0. The third kappa shape index (κ3) is 4.72. The molecule has 154 valence electrons. The second kappa shape index (κ2) is 9.04. The van der Waals surface area contributed by atoms with E-state index in [1.165, 1.54) is 6.07 Å². The minimum atomic E-state index is -0.404. The molecule has 8 heteroatoms. The molecule has 0 saturated carbocycles. The van der Waals surface area contributed by atoms with Crippen molar-refractivity contribution in [2.45, 2.75) is 20.8 Å². The number of amides is 1. The SMILES string of the molecule is Cc1ccc([N+](=O)[O-])cc1-n1c(C)cc(/C=N\NC(=O)CNc2ccccc2)c1C. The van der Waals surface area contributed by atoms with Crippen LogP contribution in [0.3, 0.4) is 0 Å². The van der Waals surface area contributed by atoms with Crippen LogP contribution in [-0.4, -0.2) is 28.2 Å². The van der Waals surface area contributed by atoms with E-state index in [9.17, 15) is 14.9 Å². The fourth-order valence-electron chi connectivity index (χ4n) is 3.19. The van der Waals surface area contributed by atoms with E-state index in [2.05, 4.69) is 15.8 Å². The predicted octanol–water partition coefficient (Wildman–Crippen LogP) is 3.87. The zero-order valence-corrected chi connectivity index (χ0v) is 17.0. The van der Waals surface area contributed by atoms with Gasteiger partial charge in [0.1, 0.15) is 0 Å². The van der Waals surface area contributed by atoms with Crippen molar-refractivity contribution in [1.29, 1.82) is 0 Å². The number of para-hydroxylation sites is 1. The van der Waals surface area contributed by atoms with E-state index in [1.807, 2.05) is 61.7 Å². The molecular formula is C22H23N5O3. The molecular weight excluding hydrogens is 382 g/mol. The van der Waals surface area contributed by atoms with Crippen LogP contribution in [0.5, 0.6) is 0 Å². The smallest absolute Gasteiger partial charge is 0.271 e. The summed E-state index contributed by atoms with van der Waals surface area (Å²) >= 11 is 0. The first-order chi connectivity index (χ1) is 14.4. The second-order valence-corrected chi connectivity index (χ2v) is 6.90. The molecule has 8 nitrogen and oxygen atoms in total. The Morgan fingerprint density at radius 2 is 1.87 bits per heavy atom. The lowest BCUT2D eigenvalue weighted by molar-refractivity contribution is -0.384. The zero-order chi connectivity index (χ0) is 21.7. The highest BCUT2D eigenvalue weighted by Gasteiger charge is 2.15. The highest BCUT2D eigenvalue weighted by molar-refractivity contribution is 5.85. The average Bonchev–Trinajstić information content (AvgIpc) is 3.00. The van der Waals surface area contributed by atoms with Gasteiger partial charge in [-0.1, -0.05) is 24.3 Å². The van der Waals surface area contributed by atoms with Crippen LogP contribution >= 0.6 is 0 Å². The van der Waals surface area contributed by atoms with Crippen LogP contribution in [0.2, 0.25) is 0 Å². The van der Waals surface area contributed by atoms with Crippen LogP contribution in [0.4, 0.5) is 11.4 Å². The van der Waals surface area contributed by atoms with E-state index in [1.54, 1.807) is 18.3 Å². The van der Waals surface area contributed by atoms with Crippen molar-refractivity contribution in [3.05, 3.63) is 87.2 Å². The lowest BCUT2D eigenvalue weighted by Gasteiger charge is -2.12. The molecule has 3 rings (SSSR count). The number of hydrogen-bond donors (Lipinski definition) is 2. The minimum Gasteiger partial charge on any atom is -0.376 e. The molecule has 1 aromatic heterocycles. The number of nitrogens with one attached hydrogen (secondary N) is 2. The third-order valence-electron chi connectivity index (χ3n) is 4.73. The lowest BCUT2D eigenvalue weighted by atomic mass is 10.1. The van der Waals surface area contributed by atoms with E-state index >= 15 is 0 Å². The largest absolute Gasteiger partial charge is 0.376 e. The van der Waals surface area contributed by atoms with Gasteiger partial charge in [-0.3, -0.25) is 14.9 Å². The number of aryl methyl sites for hydroxylation is 2. The fraction of sp³-hybridized carbons (Fsp3) is 0.182. The summed E-state index contributed by atoms with van der Waals surface area (Å²) in [6, 6.07) is 16.1. The highest BCUT2D eigenvalue weighted by Crippen LogP contribution is 2.26. The maximum absolute atomic E-state index is 12.0. The minimum absolute atomic E-state index is 0.0384. The van der Waals surface area contributed by atoms with Gasteiger partial charge >= 0.3 is 0 Å². The quantitative estimate of drug-likeness (QED) is 0.354. The number of anilines is 1. The number of carbonyl (C=O) groups excluding carboxylic acids is 1. The number of carbonyl (C=O) groups is 1. The number of nitro benzene ring substituents is 1. The number of non-ortho nitro benzene ring substituents is 1. The Labute approximate surface area is 174 Å². The van der Waals surface area contributed by atoms with E-state index in [-0.39, 0.29) is 18.1 Å². The second-order valence-electron chi connectivity index (χ2n) is 6.90. The van der Waals surface area contributed by atoms with Crippen LogP contribution in [0.25, 0.3) is 5.69 Å². The Morgan fingerprint density at radius 3 is 2.57 bits per heavy atom. The monoisotopic (exact) mass is 405 g/mol. The molecule has 0 unspecified atom stereocenters. The van der Waals surface area contributed by atoms with E-state index in [0.29, 0.717) is 0 Å². The molecule has 1 amide bonds. The van der Waals surface area contributed by atoms with Gasteiger partial charge in [0.15, 0.2) is 0 Å². The summed E-state index contributed by atoms with van der Waals surface area (Å²) in [4.78, 5) is 22.7. The van der Waals surface area contributed by atoms with Crippen molar-refractivity contribution < 1.29 is 9.72 Å². The summed E-state index contributed by atoms with van der Waals surface area (Å²) in [5.41, 5.74) is 7.66. The van der Waals surface area contributed by atoms with Crippen LogP contribution < -0.4 is 10.7 Å². The molecule has 2 aromatic carbocycles. The molecule has 30 heavy (non-hydrogen) atoms. The van der Waals surface area contributed by atoms with Gasteiger partial charge in [-0.2, -0.15) is 5.10 Å². The number of nitro groups is 1. The summed E-state index contributed by atoms with van der Waals surface area (Å²) in [5, 5.41) is 18.2. The average molecular weight is 405 g/mol. The summed E-state index contributed by atoms with van der Waals surface area (Å²) in [6.45, 7) is 5.84. The summed E-state index contributed by atoms with van der Waals surface area (Å²) in [7, 11) is 0. The first-order valence-electron chi connectivity index (χ1n) is 9.42. The first-order valence-corrected chi connectivity index (χ1v) is 9.42. The summed E-state index contributed by atoms with van der Waals surface area (Å²) in [6.07, 6.45) is 1.58. The predicted molar refractivity (Wildman–Crippen MR) is 117 cm³/mol. The Morgan fingerprint density at radius 1 is 1.13 bits per heavy atom. The van der Waals surface area contributed by atoms with Gasteiger partial charge in [0.05, 0.1) is 23.4 Å². The number of hydrazone groups is 1. The number of rotatable bonds is 7. The molecule has 0 aliphatic carbocycles. The molecule has 0 radical (unpaired) electrons. The van der Waals surface area contributed by atoms with Crippen molar-refractivity contribution in [2.24, 2.45) is 5.10 Å². The topological polar surface area (TPSA) is 102 Å². The van der Waals surface area contributed by atoms with Gasteiger partial charge in [0.2, 0.25) is 0 Å². The fourth-order valence-corrected chi connectivity index (χ4v) is 3.19. The Bertz CT molecular complexity index is 1100. The Kier molecular flexibility index (Phi) is 6.26. The first kappa shape index (κ1) is 20.8. The Balaban J connectivity index is 1.72. The van der Waals surface area contributed by atoms with Crippen LogP contribution in [0.1, 0.15) is 22.5 Å². The van der Waals surface area contributed by atoms with Crippen LogP contribution in [0.15, 0.2) is 59.7 Å². The number of benzene rings is 2. The summed E-state index contributed by atoms with van der Waals surface area (Å²) < 4.78 is 1.95. The van der Waals surface area contributed by atoms with Gasteiger partial charge in [-0.05, 0) is 44.5 Å². The number of aromatic nitrogens is 1. The maximum atomic E-state index is 12.0. The van der Waals surface area contributed by atoms with Crippen molar-refractivity contribution in [3.63, 3.8) is 0 Å². The maximum Gasteiger partial charge on any atom is 0.271 e. The van der Waals surface area contributed by atoms with E-state index in [0.717, 1.165) is 33.9 Å². The lowest BCUT2D eigenvalue weighted by Crippen LogP contribution is -2.25. The molecule has 2 N–H and O–H groups in total. The molecule has 1 heterocycles. The number of hydrogen-bond acceptors (Lipinski definition) is 5. The van der Waals surface area contributed by atoms with Gasteiger partial charge in [-0.15, -0.1) is 0 Å². The van der Waals surface area contributed by atoms with Gasteiger partial charge in [-0.25, -0.2) is 5.43 Å². The summed E-state index contributed by atoms with van der Waals surface area (Å²) in [5.74, 6) is -0.265. The van der Waals surface area contributed by atoms with Crippen LogP contribution in [0, 0.1) is 30.9 Å². The molecule has 0 atom stereocenters. The molecule has 0 bridgehead atoms. The molecule has 3 aromatic rings. The van der Waals surface area contributed by atoms with Gasteiger partial charge in [0.25, 0.3) is 11.6 Å².